The van der Waals surface area contributed by atoms with Crippen LogP contribution in [0.2, 0.25) is 0 Å². The van der Waals surface area contributed by atoms with E-state index < -0.39 is 0 Å². The number of rotatable bonds is 4. The Bertz CT molecular complexity index is 350. The topological polar surface area (TPSA) is 64.3 Å². The van der Waals surface area contributed by atoms with Crippen molar-refractivity contribution in [2.45, 2.75) is 13.8 Å². The van der Waals surface area contributed by atoms with Crippen molar-refractivity contribution in [1.82, 2.24) is 5.32 Å². The van der Waals surface area contributed by atoms with Crippen LogP contribution < -0.4 is 11.2 Å². The summed E-state index contributed by atoms with van der Waals surface area (Å²) in [4.78, 5) is 15.9. The normalized spacial score (nSPS) is 10.1. The molecule has 1 rings (SSSR count). The molecule has 4 nitrogen and oxygen atoms in total. The minimum atomic E-state index is -0.102. The Kier molecular flexibility index (Phi) is 4.27. The summed E-state index contributed by atoms with van der Waals surface area (Å²) in [7, 11) is 0. The minimum Gasteiger partial charge on any atom is -0.350 e. The minimum absolute atomic E-state index is 0.102. The average molecular weight is 208 g/mol. The van der Waals surface area contributed by atoms with Gasteiger partial charge in [-0.15, -0.1) is 0 Å². The number of amides is 1. The maximum Gasteiger partial charge on any atom is 0.251 e. The number of nitrogens with two attached hydrogens (primary N) is 1. The van der Waals surface area contributed by atoms with E-state index in [-0.39, 0.29) is 5.91 Å². The molecule has 0 atom stereocenters. The van der Waals surface area contributed by atoms with Gasteiger partial charge >= 0.3 is 0 Å². The van der Waals surface area contributed by atoms with E-state index in [0.717, 1.165) is 5.56 Å². The van der Waals surface area contributed by atoms with Gasteiger partial charge < -0.3 is 10.2 Å². The Labute approximate surface area is 89.4 Å². The molecule has 82 valence electrons. The molecular weight excluding hydrogens is 192 g/mol. The van der Waals surface area contributed by atoms with Crippen molar-refractivity contribution in [1.29, 1.82) is 0 Å². The third-order valence-electron chi connectivity index (χ3n) is 2.27. The van der Waals surface area contributed by atoms with Crippen molar-refractivity contribution in [3.8, 4) is 0 Å². The van der Waals surface area contributed by atoms with Gasteiger partial charge in [0.25, 0.3) is 5.91 Å². The van der Waals surface area contributed by atoms with Gasteiger partial charge in [-0.25, -0.2) is 5.90 Å². The highest BCUT2D eigenvalue weighted by atomic mass is 16.6. The Hall–Kier alpha value is -1.39. The first kappa shape index (κ1) is 11.7. The molecule has 0 saturated carbocycles. The molecule has 0 bridgehead atoms. The highest BCUT2D eigenvalue weighted by Crippen LogP contribution is 2.09. The number of benzene rings is 1. The summed E-state index contributed by atoms with van der Waals surface area (Å²) in [5, 5.41) is 2.70. The quantitative estimate of drug-likeness (QED) is 0.571. The maximum absolute atomic E-state index is 11.6. The van der Waals surface area contributed by atoms with E-state index in [0.29, 0.717) is 18.7 Å². The zero-order valence-corrected chi connectivity index (χ0v) is 9.04. The van der Waals surface area contributed by atoms with Crippen molar-refractivity contribution >= 4 is 5.91 Å². The highest BCUT2D eigenvalue weighted by Gasteiger charge is 2.05. The molecule has 4 heteroatoms. The summed E-state index contributed by atoms with van der Waals surface area (Å²) < 4.78 is 0. The molecule has 1 aromatic carbocycles. The molecule has 0 heterocycles. The Morgan fingerprint density at radius 1 is 1.40 bits per heavy atom. The van der Waals surface area contributed by atoms with Crippen LogP contribution in [-0.2, 0) is 4.84 Å². The van der Waals surface area contributed by atoms with Crippen molar-refractivity contribution in [3.63, 3.8) is 0 Å². The maximum atomic E-state index is 11.6. The average Bonchev–Trinajstić information content (AvgIpc) is 2.22. The molecule has 1 aromatic rings. The van der Waals surface area contributed by atoms with Gasteiger partial charge in [0.2, 0.25) is 0 Å². The fourth-order valence-corrected chi connectivity index (χ4v) is 1.21. The molecule has 0 aromatic heterocycles. The fraction of sp³-hybridized carbons (Fsp3) is 0.364. The fourth-order valence-electron chi connectivity index (χ4n) is 1.21. The van der Waals surface area contributed by atoms with Crippen molar-refractivity contribution in [2.24, 2.45) is 5.90 Å². The van der Waals surface area contributed by atoms with Gasteiger partial charge in [0.05, 0.1) is 6.61 Å². The first-order chi connectivity index (χ1) is 7.15. The van der Waals surface area contributed by atoms with Crippen LogP contribution >= 0.6 is 0 Å². The molecule has 0 aliphatic rings. The molecule has 3 N–H and O–H groups in total. The van der Waals surface area contributed by atoms with Gasteiger partial charge in [0.1, 0.15) is 0 Å². The molecule has 0 radical (unpaired) electrons. The second-order valence-corrected chi connectivity index (χ2v) is 3.43. The van der Waals surface area contributed by atoms with Crippen LogP contribution in [0.15, 0.2) is 18.2 Å². The predicted molar refractivity (Wildman–Crippen MR) is 58.4 cm³/mol. The van der Waals surface area contributed by atoms with Gasteiger partial charge in [0, 0.05) is 12.1 Å². The molecule has 0 aliphatic heterocycles. The first-order valence-corrected chi connectivity index (χ1v) is 4.82. The van der Waals surface area contributed by atoms with E-state index in [1.165, 1.54) is 5.56 Å². The molecule has 0 aliphatic carbocycles. The van der Waals surface area contributed by atoms with Crippen molar-refractivity contribution < 1.29 is 9.63 Å². The molecule has 0 unspecified atom stereocenters. The van der Waals surface area contributed by atoms with Crippen molar-refractivity contribution in [3.05, 3.63) is 34.9 Å². The lowest BCUT2D eigenvalue weighted by Gasteiger charge is -2.06. The summed E-state index contributed by atoms with van der Waals surface area (Å²) in [6.07, 6.45) is 0. The van der Waals surface area contributed by atoms with Gasteiger partial charge in [-0.1, -0.05) is 6.07 Å². The Balaban J connectivity index is 2.62. The van der Waals surface area contributed by atoms with Crippen LogP contribution in [0.5, 0.6) is 0 Å². The van der Waals surface area contributed by atoms with Gasteiger partial charge in [-0.3, -0.25) is 4.79 Å². The van der Waals surface area contributed by atoms with E-state index in [9.17, 15) is 4.79 Å². The smallest absolute Gasteiger partial charge is 0.251 e. The first-order valence-electron chi connectivity index (χ1n) is 4.82. The summed E-state index contributed by atoms with van der Waals surface area (Å²) in [6.45, 7) is 4.73. The molecule has 0 spiro atoms. The van der Waals surface area contributed by atoms with Gasteiger partial charge in [-0.2, -0.15) is 0 Å². The van der Waals surface area contributed by atoms with E-state index in [2.05, 4.69) is 10.2 Å². The third-order valence-corrected chi connectivity index (χ3v) is 2.27. The summed E-state index contributed by atoms with van der Waals surface area (Å²) >= 11 is 0. The molecule has 1 amide bonds. The highest BCUT2D eigenvalue weighted by molar-refractivity contribution is 5.94. The van der Waals surface area contributed by atoms with Crippen LogP contribution in [0.1, 0.15) is 21.5 Å². The molecule has 0 fully saturated rings. The van der Waals surface area contributed by atoms with E-state index in [1.807, 2.05) is 26.0 Å². The number of nitrogens with one attached hydrogen (secondary N) is 1. The van der Waals surface area contributed by atoms with Crippen LogP contribution in [0.3, 0.4) is 0 Å². The lowest BCUT2D eigenvalue weighted by molar-refractivity contribution is 0.0917. The lowest BCUT2D eigenvalue weighted by atomic mass is 10.1. The Morgan fingerprint density at radius 3 is 2.73 bits per heavy atom. The monoisotopic (exact) mass is 208 g/mol. The van der Waals surface area contributed by atoms with Crippen LogP contribution in [0.25, 0.3) is 0 Å². The molecule has 0 saturated heterocycles. The van der Waals surface area contributed by atoms with Crippen LogP contribution in [0.4, 0.5) is 0 Å². The standard InChI is InChI=1S/C11H16N2O2/c1-8-3-4-10(7-9(8)2)11(14)13-5-6-15-12/h3-4,7H,5-6,12H2,1-2H3,(H,13,14). The summed E-state index contributed by atoms with van der Waals surface area (Å²) in [5.74, 6) is 4.74. The number of aryl methyl sites for hydroxylation is 2. The SMILES string of the molecule is Cc1ccc(C(=O)NCCON)cc1C. The van der Waals surface area contributed by atoms with Gasteiger partial charge in [0.15, 0.2) is 0 Å². The predicted octanol–water partition coefficient (Wildman–Crippen LogP) is 0.924. The number of hydrogen-bond donors (Lipinski definition) is 2. The molecular formula is C11H16N2O2. The number of carbonyl (C=O) groups is 1. The zero-order chi connectivity index (χ0) is 11.3. The summed E-state index contributed by atoms with van der Waals surface area (Å²) in [6, 6.07) is 5.61. The van der Waals surface area contributed by atoms with E-state index >= 15 is 0 Å². The largest absolute Gasteiger partial charge is 0.350 e. The van der Waals surface area contributed by atoms with E-state index in [1.54, 1.807) is 6.07 Å². The number of hydrogen-bond acceptors (Lipinski definition) is 3. The third kappa shape index (κ3) is 3.34. The molecule has 15 heavy (non-hydrogen) atoms. The van der Waals surface area contributed by atoms with Gasteiger partial charge in [-0.05, 0) is 37.1 Å². The summed E-state index contributed by atoms with van der Waals surface area (Å²) in [5.41, 5.74) is 2.95. The van der Waals surface area contributed by atoms with Crippen LogP contribution in [0, 0.1) is 13.8 Å². The second kappa shape index (κ2) is 5.48. The van der Waals surface area contributed by atoms with Crippen LogP contribution in [-0.4, -0.2) is 19.1 Å². The Morgan fingerprint density at radius 2 is 2.13 bits per heavy atom. The zero-order valence-electron chi connectivity index (χ0n) is 9.04. The lowest BCUT2D eigenvalue weighted by Crippen LogP contribution is -2.28. The van der Waals surface area contributed by atoms with Crippen molar-refractivity contribution in [2.75, 3.05) is 13.2 Å². The van der Waals surface area contributed by atoms with E-state index in [4.69, 9.17) is 5.90 Å². The second-order valence-electron chi connectivity index (χ2n) is 3.43. The number of carbonyl (C=O) groups excluding carboxylic acids is 1.